The molecule has 0 spiro atoms. The number of sulfonamides is 1. The molecule has 2 N–H and O–H groups in total. The maximum absolute atomic E-state index is 13.3. The van der Waals surface area contributed by atoms with Crippen molar-refractivity contribution in [3.8, 4) is 0 Å². The third kappa shape index (κ3) is 4.75. The van der Waals surface area contributed by atoms with E-state index in [1.54, 1.807) is 24.0 Å². The summed E-state index contributed by atoms with van der Waals surface area (Å²) in [6.07, 6.45) is 3.47. The molecular formula is C19H19FN4O3S3. The highest BCUT2D eigenvalue weighted by Gasteiger charge is 2.27. The molecule has 7 nitrogen and oxygen atoms in total. The number of aromatic amines is 1. The predicted octanol–water partition coefficient (Wildman–Crippen LogP) is 3.19. The number of hydrogen-bond donors (Lipinski definition) is 2. The number of thiazole rings is 1. The number of anilines is 1. The minimum absolute atomic E-state index is 0.0745. The molecule has 11 heteroatoms. The molecule has 0 radical (unpaired) electrons. The van der Waals surface area contributed by atoms with Crippen LogP contribution in [0.4, 0.5) is 9.52 Å². The minimum atomic E-state index is -3.62. The van der Waals surface area contributed by atoms with Gasteiger partial charge < -0.3 is 4.98 Å². The smallest absolute Gasteiger partial charge is 0.273 e. The van der Waals surface area contributed by atoms with E-state index < -0.39 is 15.9 Å². The summed E-state index contributed by atoms with van der Waals surface area (Å²) in [6.45, 7) is 0.930. The van der Waals surface area contributed by atoms with Crippen LogP contribution in [-0.2, 0) is 16.4 Å². The molecule has 3 heterocycles. The van der Waals surface area contributed by atoms with Gasteiger partial charge in [-0.1, -0.05) is 12.1 Å². The lowest BCUT2D eigenvalue weighted by Gasteiger charge is -2.24. The zero-order valence-electron chi connectivity index (χ0n) is 15.8. The van der Waals surface area contributed by atoms with Gasteiger partial charge in [0.05, 0.1) is 0 Å². The largest absolute Gasteiger partial charge is 0.356 e. The molecule has 3 aromatic rings. The maximum atomic E-state index is 13.3. The number of H-pyrrole nitrogens is 1. The van der Waals surface area contributed by atoms with Gasteiger partial charge in [-0.3, -0.25) is 10.1 Å². The summed E-state index contributed by atoms with van der Waals surface area (Å²) < 4.78 is 40.2. The van der Waals surface area contributed by atoms with Gasteiger partial charge in [0.1, 0.15) is 16.4 Å². The van der Waals surface area contributed by atoms with Gasteiger partial charge in [-0.2, -0.15) is 16.1 Å². The van der Waals surface area contributed by atoms with Crippen molar-refractivity contribution in [2.75, 3.05) is 29.9 Å². The highest BCUT2D eigenvalue weighted by atomic mass is 32.2. The Labute approximate surface area is 181 Å². The number of nitrogens with zero attached hydrogens (tertiary/aromatic N) is 2. The van der Waals surface area contributed by atoms with Crippen molar-refractivity contribution in [2.45, 2.75) is 11.3 Å². The quantitative estimate of drug-likeness (QED) is 0.582. The zero-order chi connectivity index (χ0) is 21.1. The van der Waals surface area contributed by atoms with E-state index in [9.17, 15) is 17.6 Å². The Kier molecular flexibility index (Phi) is 6.23. The highest BCUT2D eigenvalue weighted by Crippen LogP contribution is 2.24. The van der Waals surface area contributed by atoms with Crippen molar-refractivity contribution in [1.82, 2.24) is 14.3 Å². The molecule has 0 bridgehead atoms. The molecule has 1 amide bonds. The van der Waals surface area contributed by atoms with Crippen molar-refractivity contribution in [1.29, 1.82) is 0 Å². The fraction of sp³-hybridized carbons (Fsp3) is 0.263. The second-order valence-electron chi connectivity index (χ2n) is 6.66. The number of carbonyl (C=O) groups excluding carboxylic acids is 1. The van der Waals surface area contributed by atoms with E-state index in [1.165, 1.54) is 40.0 Å². The lowest BCUT2D eigenvalue weighted by molar-refractivity contribution is 0.102. The summed E-state index contributed by atoms with van der Waals surface area (Å²) in [6, 6.07) is 7.65. The first-order valence-corrected chi connectivity index (χ1v) is 12.6. The molecule has 0 unspecified atom stereocenters. The SMILES string of the molecule is O=C(Nc1ncc(Cc2cccc(F)c2)s1)c1cc(S(=O)(=O)N2CCSCC2)c[nH]1. The summed E-state index contributed by atoms with van der Waals surface area (Å²) in [5, 5.41) is 3.06. The monoisotopic (exact) mass is 466 g/mol. The minimum Gasteiger partial charge on any atom is -0.356 e. The number of halogens is 1. The van der Waals surface area contributed by atoms with E-state index in [0.717, 1.165) is 21.9 Å². The van der Waals surface area contributed by atoms with Gasteiger partial charge in [0.25, 0.3) is 5.91 Å². The van der Waals surface area contributed by atoms with Crippen LogP contribution in [-0.4, -0.2) is 53.2 Å². The fourth-order valence-electron chi connectivity index (χ4n) is 3.05. The van der Waals surface area contributed by atoms with E-state index in [0.29, 0.717) is 24.6 Å². The zero-order valence-corrected chi connectivity index (χ0v) is 18.2. The number of benzene rings is 1. The number of amides is 1. The van der Waals surface area contributed by atoms with E-state index in [1.807, 2.05) is 6.07 Å². The Morgan fingerprint density at radius 2 is 2.07 bits per heavy atom. The predicted molar refractivity (Wildman–Crippen MR) is 116 cm³/mol. The molecule has 0 atom stereocenters. The van der Waals surface area contributed by atoms with Crippen molar-refractivity contribution < 1.29 is 17.6 Å². The van der Waals surface area contributed by atoms with Gasteiger partial charge in [0, 0.05) is 48.3 Å². The van der Waals surface area contributed by atoms with Gasteiger partial charge in [0.15, 0.2) is 5.13 Å². The Hall–Kier alpha value is -2.21. The molecule has 158 valence electrons. The fourth-order valence-corrected chi connectivity index (χ4v) is 6.46. The Morgan fingerprint density at radius 3 is 2.83 bits per heavy atom. The van der Waals surface area contributed by atoms with Gasteiger partial charge in [-0.15, -0.1) is 11.3 Å². The molecule has 1 aromatic carbocycles. The van der Waals surface area contributed by atoms with Crippen LogP contribution >= 0.6 is 23.1 Å². The molecule has 1 aliphatic rings. The van der Waals surface area contributed by atoms with E-state index in [-0.39, 0.29) is 16.4 Å². The van der Waals surface area contributed by atoms with E-state index >= 15 is 0 Å². The summed E-state index contributed by atoms with van der Waals surface area (Å²) in [7, 11) is -3.62. The first kappa shape index (κ1) is 21.0. The van der Waals surface area contributed by atoms with Crippen LogP contribution < -0.4 is 5.32 Å². The Morgan fingerprint density at radius 1 is 1.27 bits per heavy atom. The Bertz CT molecular complexity index is 1150. The first-order valence-electron chi connectivity index (χ1n) is 9.18. The summed E-state index contributed by atoms with van der Waals surface area (Å²) in [4.78, 5) is 20.4. The van der Waals surface area contributed by atoms with Gasteiger partial charge in [0.2, 0.25) is 10.0 Å². The van der Waals surface area contributed by atoms with Gasteiger partial charge >= 0.3 is 0 Å². The number of aromatic nitrogens is 2. The lowest BCUT2D eigenvalue weighted by atomic mass is 10.1. The number of carbonyl (C=O) groups is 1. The summed E-state index contributed by atoms with van der Waals surface area (Å²) >= 11 is 3.01. The van der Waals surface area contributed by atoms with Crippen LogP contribution in [0.3, 0.4) is 0 Å². The average Bonchev–Trinajstić information content (AvgIpc) is 3.39. The number of thioether (sulfide) groups is 1. The molecule has 0 saturated carbocycles. The number of hydrogen-bond acceptors (Lipinski definition) is 6. The summed E-state index contributed by atoms with van der Waals surface area (Å²) in [5.41, 5.74) is 0.952. The number of nitrogens with one attached hydrogen (secondary N) is 2. The molecule has 0 aliphatic carbocycles. The third-order valence-corrected chi connectivity index (χ3v) is 8.28. The van der Waals surface area contributed by atoms with Gasteiger partial charge in [-0.05, 0) is 23.8 Å². The summed E-state index contributed by atoms with van der Waals surface area (Å²) in [5.74, 6) is 0.751. The second-order valence-corrected chi connectivity index (χ2v) is 10.9. The molecule has 2 aromatic heterocycles. The Balaban J connectivity index is 1.42. The van der Waals surface area contributed by atoms with Crippen LogP contribution in [0.15, 0.2) is 47.6 Å². The standard InChI is InChI=1S/C19H19FN4O3S3/c20-14-3-1-2-13(8-14)9-15-11-22-19(29-15)23-18(25)17-10-16(12-21-17)30(26,27)24-4-6-28-7-5-24/h1-3,8,10-12,21H,4-7,9H2,(H,22,23,25). The van der Waals surface area contributed by atoms with Crippen LogP contribution in [0.1, 0.15) is 20.9 Å². The molecular weight excluding hydrogens is 447 g/mol. The van der Waals surface area contributed by atoms with Crippen molar-refractivity contribution in [3.05, 3.63) is 64.7 Å². The van der Waals surface area contributed by atoms with Crippen molar-refractivity contribution >= 4 is 44.2 Å². The lowest BCUT2D eigenvalue weighted by Crippen LogP contribution is -2.37. The van der Waals surface area contributed by atoms with Crippen molar-refractivity contribution in [2.24, 2.45) is 0 Å². The highest BCUT2D eigenvalue weighted by molar-refractivity contribution is 7.99. The topological polar surface area (TPSA) is 95.2 Å². The van der Waals surface area contributed by atoms with Gasteiger partial charge in [-0.25, -0.2) is 17.8 Å². The van der Waals surface area contributed by atoms with E-state index in [2.05, 4.69) is 15.3 Å². The second kappa shape index (κ2) is 8.88. The van der Waals surface area contributed by atoms with Crippen LogP contribution in [0, 0.1) is 5.82 Å². The van der Waals surface area contributed by atoms with E-state index in [4.69, 9.17) is 0 Å². The van der Waals surface area contributed by atoms with Crippen LogP contribution in [0.2, 0.25) is 0 Å². The van der Waals surface area contributed by atoms with Crippen molar-refractivity contribution in [3.63, 3.8) is 0 Å². The maximum Gasteiger partial charge on any atom is 0.273 e. The molecule has 4 rings (SSSR count). The third-order valence-electron chi connectivity index (χ3n) is 4.55. The van der Waals surface area contributed by atoms with Crippen LogP contribution in [0.5, 0.6) is 0 Å². The molecule has 30 heavy (non-hydrogen) atoms. The molecule has 1 fully saturated rings. The number of rotatable bonds is 6. The first-order chi connectivity index (χ1) is 14.4. The average molecular weight is 467 g/mol. The normalized spacial score (nSPS) is 15.2. The molecule has 1 aliphatic heterocycles. The molecule has 1 saturated heterocycles. The van der Waals surface area contributed by atoms with Crippen LogP contribution in [0.25, 0.3) is 0 Å².